The van der Waals surface area contributed by atoms with E-state index in [1.165, 1.54) is 0 Å². The molecule has 2 amide bonds. The highest BCUT2D eigenvalue weighted by molar-refractivity contribution is 7.99. The Hall–Kier alpha value is -3.13. The van der Waals surface area contributed by atoms with Crippen LogP contribution in [0.1, 0.15) is 40.2 Å². The van der Waals surface area contributed by atoms with E-state index in [0.717, 1.165) is 24.6 Å². The average Bonchev–Trinajstić information content (AvgIpc) is 3.28. The largest absolute Gasteiger partial charge is 0.449 e. The first-order chi connectivity index (χ1) is 15.7. The predicted octanol–water partition coefficient (Wildman–Crippen LogP) is 3.21. The van der Waals surface area contributed by atoms with Crippen molar-refractivity contribution < 1.29 is 18.2 Å². The van der Waals surface area contributed by atoms with Crippen LogP contribution < -0.4 is 5.32 Å². The van der Waals surface area contributed by atoms with E-state index in [4.69, 9.17) is 4.42 Å². The van der Waals surface area contributed by atoms with Crippen LogP contribution in [0.4, 0.5) is 0 Å². The van der Waals surface area contributed by atoms with Gasteiger partial charge in [-0.1, -0.05) is 0 Å². The maximum Gasteiger partial charge on any atom is 0.287 e. The van der Waals surface area contributed by atoms with Crippen LogP contribution in [-0.4, -0.2) is 57.7 Å². The normalized spacial score (nSPS) is 21.0. The molecule has 2 aromatic heterocycles. The lowest BCUT2D eigenvalue weighted by molar-refractivity contribution is 0.0668. The molecule has 5 rings (SSSR count). The van der Waals surface area contributed by atoms with Crippen molar-refractivity contribution in [2.75, 3.05) is 25.9 Å². The van der Waals surface area contributed by atoms with Gasteiger partial charge < -0.3 is 14.6 Å². The van der Waals surface area contributed by atoms with Gasteiger partial charge in [0.1, 0.15) is 0 Å². The van der Waals surface area contributed by atoms with Crippen LogP contribution in [0.25, 0.3) is 11.0 Å². The Labute approximate surface area is 193 Å². The fourth-order valence-corrected chi connectivity index (χ4v) is 5.57. The van der Waals surface area contributed by atoms with E-state index in [9.17, 15) is 13.8 Å². The summed E-state index contributed by atoms with van der Waals surface area (Å²) in [6.07, 6.45) is 7.82. The van der Waals surface area contributed by atoms with Crippen molar-refractivity contribution in [2.45, 2.75) is 24.2 Å². The molecule has 3 heterocycles. The number of rotatable bonds is 5. The molecule has 1 saturated carbocycles. The van der Waals surface area contributed by atoms with E-state index in [0.29, 0.717) is 47.4 Å². The third kappa shape index (κ3) is 4.27. The summed E-state index contributed by atoms with van der Waals surface area (Å²) in [5, 5.41) is 3.87. The molecule has 1 spiro atoms. The van der Waals surface area contributed by atoms with Gasteiger partial charge >= 0.3 is 0 Å². The first kappa shape index (κ1) is 21.7. The highest BCUT2D eigenvalue weighted by atomic mass is 32.2. The first-order valence-corrected chi connectivity index (χ1v) is 13.2. The Morgan fingerprint density at radius 3 is 2.64 bits per heavy atom. The molecular formula is C25H27N3O4S. The second-order valence-corrected chi connectivity index (χ2v) is 11.8. The maximum atomic E-state index is 12.9. The molecule has 8 heteroatoms. The average molecular weight is 466 g/mol. The number of pyridine rings is 1. The minimum absolute atomic E-state index is 0.00735. The highest BCUT2D eigenvalue weighted by Crippen LogP contribution is 2.59. The number of nitrogens with zero attached hydrogens (tertiary/aromatic N) is 2. The number of carbonyl (C=O) groups is 2. The minimum atomic E-state index is -2.28. The molecule has 2 unspecified atom stereocenters. The number of amides is 2. The Kier molecular flexibility index (Phi) is 5.28. The van der Waals surface area contributed by atoms with Crippen molar-refractivity contribution in [1.29, 1.82) is 0 Å². The summed E-state index contributed by atoms with van der Waals surface area (Å²) in [5.41, 5.74) is 1.43. The molecule has 7 nitrogen and oxygen atoms in total. The second-order valence-electron chi connectivity index (χ2n) is 9.32. The van der Waals surface area contributed by atoms with Gasteiger partial charge in [-0.15, -0.1) is 0 Å². The number of fused-ring (bicyclic) bond motifs is 1. The monoisotopic (exact) mass is 465 g/mol. The summed E-state index contributed by atoms with van der Waals surface area (Å²) in [4.78, 5) is 31.9. The lowest BCUT2D eigenvalue weighted by atomic mass is 9.90. The number of benzene rings is 1. The molecule has 0 radical (unpaired) electrons. The molecule has 1 N–H and O–H groups in total. The summed E-state index contributed by atoms with van der Waals surface area (Å²) in [6.45, 7) is 2.04. The summed E-state index contributed by atoms with van der Waals surface area (Å²) >= 11 is 0. The molecular weight excluding hydrogens is 438 g/mol. The molecule has 2 fully saturated rings. The molecule has 2 aliphatic rings. The molecule has 0 bridgehead atoms. The smallest absolute Gasteiger partial charge is 0.287 e. The number of likely N-dealkylation sites (tertiary alicyclic amines) is 1. The third-order valence-corrected chi connectivity index (χ3v) is 8.33. The van der Waals surface area contributed by atoms with Crippen LogP contribution in [0.2, 0.25) is 0 Å². The summed E-state index contributed by atoms with van der Waals surface area (Å²) in [6, 6.07) is 10.5. The molecule has 1 aromatic carbocycles. The summed E-state index contributed by atoms with van der Waals surface area (Å²) in [7, 11) is -2.28. The summed E-state index contributed by atoms with van der Waals surface area (Å²) in [5.74, 6) is 4.22. The fourth-order valence-electron chi connectivity index (χ4n) is 4.86. The standard InChI is InChI=1S/C25H27N3O4S/c1-33(2,31)20-5-3-17(4-6-20)24(30)28-11-8-25(9-12-28)14-19(25)15-27-23(29)21-13-18-7-10-26-16-22(18)32-21/h3-7,10,13,16,19H,1,8-9,11-12,14-15H2,2H3,(H,27,29). The van der Waals surface area contributed by atoms with E-state index in [1.807, 2.05) is 11.0 Å². The molecule has 172 valence electrons. The number of nitrogens with one attached hydrogen (secondary N) is 1. The van der Waals surface area contributed by atoms with E-state index in [2.05, 4.69) is 16.2 Å². The zero-order chi connectivity index (χ0) is 23.2. The lowest BCUT2D eigenvalue weighted by Gasteiger charge is -2.33. The van der Waals surface area contributed by atoms with Crippen LogP contribution in [0, 0.1) is 11.3 Å². The van der Waals surface area contributed by atoms with Gasteiger partial charge in [-0.2, -0.15) is 0 Å². The number of carbonyl (C=O) groups excluding carboxylic acids is 2. The topological polar surface area (TPSA) is 92.5 Å². The zero-order valence-electron chi connectivity index (χ0n) is 18.6. The van der Waals surface area contributed by atoms with Crippen molar-refractivity contribution >= 4 is 38.2 Å². The zero-order valence-corrected chi connectivity index (χ0v) is 19.4. The molecule has 1 saturated heterocycles. The van der Waals surface area contributed by atoms with E-state index in [1.54, 1.807) is 49.0 Å². The first-order valence-electron chi connectivity index (χ1n) is 11.1. The van der Waals surface area contributed by atoms with Gasteiger partial charge in [0, 0.05) is 47.9 Å². The van der Waals surface area contributed by atoms with Crippen LogP contribution in [0.5, 0.6) is 0 Å². The number of aromatic nitrogens is 1. The number of furan rings is 1. The lowest BCUT2D eigenvalue weighted by Crippen LogP contribution is -2.40. The van der Waals surface area contributed by atoms with E-state index >= 15 is 0 Å². The van der Waals surface area contributed by atoms with Gasteiger partial charge in [0.25, 0.3) is 11.8 Å². The molecule has 2 atom stereocenters. The Morgan fingerprint density at radius 2 is 1.97 bits per heavy atom. The quantitative estimate of drug-likeness (QED) is 0.584. The molecule has 1 aliphatic carbocycles. The predicted molar refractivity (Wildman–Crippen MR) is 128 cm³/mol. The number of piperidine rings is 1. The maximum absolute atomic E-state index is 12.9. The van der Waals surface area contributed by atoms with Gasteiger partial charge in [0.05, 0.1) is 6.20 Å². The minimum Gasteiger partial charge on any atom is -0.449 e. The van der Waals surface area contributed by atoms with Crippen LogP contribution in [0.3, 0.4) is 0 Å². The Morgan fingerprint density at radius 1 is 1.24 bits per heavy atom. The Balaban J connectivity index is 1.13. The van der Waals surface area contributed by atoms with Crippen molar-refractivity contribution in [3.63, 3.8) is 0 Å². The highest BCUT2D eigenvalue weighted by Gasteiger charge is 2.54. The van der Waals surface area contributed by atoms with Crippen molar-refractivity contribution in [2.24, 2.45) is 11.3 Å². The third-order valence-electron chi connectivity index (χ3n) is 7.06. The Bertz CT molecular complexity index is 1290. The van der Waals surface area contributed by atoms with Gasteiger partial charge in [-0.05, 0) is 82.4 Å². The van der Waals surface area contributed by atoms with Gasteiger partial charge in [0.15, 0.2) is 11.3 Å². The molecule has 3 aromatic rings. The van der Waals surface area contributed by atoms with Crippen molar-refractivity contribution in [1.82, 2.24) is 15.2 Å². The van der Waals surface area contributed by atoms with Gasteiger partial charge in [-0.25, -0.2) is 0 Å². The second kappa shape index (κ2) is 8.02. The van der Waals surface area contributed by atoms with Gasteiger partial charge in [-0.3, -0.25) is 18.8 Å². The number of hydrogen-bond donors (Lipinski definition) is 1. The van der Waals surface area contributed by atoms with Crippen molar-refractivity contribution in [3.8, 4) is 0 Å². The van der Waals surface area contributed by atoms with E-state index < -0.39 is 9.52 Å². The molecule has 33 heavy (non-hydrogen) atoms. The van der Waals surface area contributed by atoms with Crippen LogP contribution in [-0.2, 0) is 9.52 Å². The summed E-state index contributed by atoms with van der Waals surface area (Å²) < 4.78 is 17.6. The van der Waals surface area contributed by atoms with E-state index in [-0.39, 0.29) is 17.2 Å². The number of hydrogen-bond acceptors (Lipinski definition) is 5. The SMILES string of the molecule is C=S(C)(=O)c1ccc(C(=O)N2CCC3(CC2)CC3CNC(=O)c2cc3ccncc3o2)cc1. The molecule has 1 aliphatic heterocycles. The van der Waals surface area contributed by atoms with Crippen molar-refractivity contribution in [3.05, 3.63) is 60.1 Å². The fraction of sp³-hybridized carbons (Fsp3) is 0.360. The van der Waals surface area contributed by atoms with Gasteiger partial charge in [0.2, 0.25) is 0 Å². The van der Waals surface area contributed by atoms with Crippen LogP contribution in [0.15, 0.2) is 58.1 Å². The van der Waals surface area contributed by atoms with Crippen LogP contribution >= 0.6 is 0 Å².